The highest BCUT2D eigenvalue weighted by Gasteiger charge is 2.15. The molecule has 0 saturated carbocycles. The number of methoxy groups -OCH3 is 1. The van der Waals surface area contributed by atoms with Gasteiger partial charge in [-0.05, 0) is 48.0 Å². The number of halogens is 1. The lowest BCUT2D eigenvalue weighted by Gasteiger charge is -2.13. The van der Waals surface area contributed by atoms with Crippen LogP contribution in [-0.4, -0.2) is 39.6 Å². The first-order chi connectivity index (χ1) is 18.0. The van der Waals surface area contributed by atoms with Gasteiger partial charge in [0.05, 0.1) is 23.8 Å². The molecule has 0 unspecified atom stereocenters. The third-order valence-electron chi connectivity index (χ3n) is 5.80. The molecule has 5 aromatic rings. The van der Waals surface area contributed by atoms with Gasteiger partial charge < -0.3 is 24.7 Å². The number of imidazole rings is 1. The van der Waals surface area contributed by atoms with Gasteiger partial charge in [0, 0.05) is 44.2 Å². The maximum atomic E-state index is 14.3. The largest absolute Gasteiger partial charge is 0.495 e. The molecule has 2 N–H and O–H groups in total. The Bertz CT molecular complexity index is 1620. The molecule has 0 aliphatic rings. The summed E-state index contributed by atoms with van der Waals surface area (Å²) in [4.78, 5) is 24.4. The minimum Gasteiger partial charge on any atom is -0.495 e. The number of carbonyl (C=O) groups excluding carboxylic acids is 1. The second-order valence-corrected chi connectivity index (χ2v) is 8.08. The van der Waals surface area contributed by atoms with Crippen molar-refractivity contribution in [2.24, 2.45) is 7.05 Å². The Labute approximate surface area is 211 Å². The maximum Gasteiger partial charge on any atom is 0.269 e. The quantitative estimate of drug-likeness (QED) is 0.302. The molecule has 1 amide bonds. The number of hydrogen-bond donors (Lipinski definition) is 2. The van der Waals surface area contributed by atoms with E-state index in [1.54, 1.807) is 62.7 Å². The summed E-state index contributed by atoms with van der Waals surface area (Å²) in [7, 11) is 4.99. The van der Waals surface area contributed by atoms with Crippen LogP contribution in [0.3, 0.4) is 0 Å². The molecule has 37 heavy (non-hydrogen) atoms. The van der Waals surface area contributed by atoms with Crippen LogP contribution in [0.2, 0.25) is 0 Å². The molecule has 9 nitrogen and oxygen atoms in total. The average molecular weight is 499 g/mol. The maximum absolute atomic E-state index is 14.3. The summed E-state index contributed by atoms with van der Waals surface area (Å²) in [6.45, 7) is 0. The Morgan fingerprint density at radius 1 is 1.00 bits per heavy atom. The van der Waals surface area contributed by atoms with Crippen molar-refractivity contribution in [2.45, 2.75) is 0 Å². The van der Waals surface area contributed by atoms with E-state index >= 15 is 0 Å². The Morgan fingerprint density at radius 3 is 2.62 bits per heavy atom. The lowest BCUT2D eigenvalue weighted by Crippen LogP contribution is -2.18. The van der Waals surface area contributed by atoms with Gasteiger partial charge in [-0.25, -0.2) is 9.97 Å². The predicted molar refractivity (Wildman–Crippen MR) is 138 cm³/mol. The minimum atomic E-state index is -0.550. The number of anilines is 2. The minimum absolute atomic E-state index is 0.257. The number of carbonyl (C=O) groups is 1. The second kappa shape index (κ2) is 9.94. The number of amides is 1. The van der Waals surface area contributed by atoms with Gasteiger partial charge in [0.25, 0.3) is 5.91 Å². The standard InChI is InChI=1S/C27H23FN6O3/c1-29-26(35)22-15-18(10-12-30-22)37-17-7-8-23-20(14-17)32-27(34(23)2)33-21-13-16(6-9-24(21)36-3)19-5-4-11-31-25(19)28/h4-15H,1-3H3,(H,29,35)(H,32,33). The molecule has 0 radical (unpaired) electrons. The van der Waals surface area contributed by atoms with Crippen LogP contribution in [0.5, 0.6) is 17.2 Å². The van der Waals surface area contributed by atoms with E-state index in [4.69, 9.17) is 14.5 Å². The Morgan fingerprint density at radius 2 is 1.84 bits per heavy atom. The molecular formula is C27H23FN6O3. The summed E-state index contributed by atoms with van der Waals surface area (Å²) in [6, 6.07) is 17.4. The summed E-state index contributed by atoms with van der Waals surface area (Å²) >= 11 is 0. The first-order valence-electron chi connectivity index (χ1n) is 11.3. The SMILES string of the molecule is CNC(=O)c1cc(Oc2ccc3c(c2)nc(Nc2cc(-c4cccnc4F)ccc2OC)n3C)ccn1. The van der Waals surface area contributed by atoms with Gasteiger partial charge in [0.15, 0.2) is 0 Å². The van der Waals surface area contributed by atoms with E-state index in [1.807, 2.05) is 23.7 Å². The van der Waals surface area contributed by atoms with Crippen molar-refractivity contribution >= 4 is 28.6 Å². The van der Waals surface area contributed by atoms with Crippen molar-refractivity contribution in [2.75, 3.05) is 19.5 Å². The number of fused-ring (bicyclic) bond motifs is 1. The molecule has 0 atom stereocenters. The third kappa shape index (κ3) is 4.76. The van der Waals surface area contributed by atoms with Gasteiger partial charge in [0.1, 0.15) is 22.9 Å². The van der Waals surface area contributed by atoms with Crippen LogP contribution in [-0.2, 0) is 7.05 Å². The van der Waals surface area contributed by atoms with Gasteiger partial charge in [0.2, 0.25) is 11.9 Å². The van der Waals surface area contributed by atoms with Gasteiger partial charge in [-0.1, -0.05) is 6.07 Å². The zero-order valence-corrected chi connectivity index (χ0v) is 20.3. The van der Waals surface area contributed by atoms with Crippen molar-refractivity contribution in [3.63, 3.8) is 0 Å². The molecule has 0 fully saturated rings. The van der Waals surface area contributed by atoms with Crippen LogP contribution in [0.15, 0.2) is 73.1 Å². The molecule has 186 valence electrons. The predicted octanol–water partition coefficient (Wildman–Crippen LogP) is 5.07. The molecular weight excluding hydrogens is 475 g/mol. The molecule has 0 aliphatic heterocycles. The van der Waals surface area contributed by atoms with Crippen molar-refractivity contribution in [3.8, 4) is 28.4 Å². The number of aromatic nitrogens is 4. The van der Waals surface area contributed by atoms with Crippen LogP contribution in [0, 0.1) is 5.95 Å². The normalized spacial score (nSPS) is 10.8. The van der Waals surface area contributed by atoms with E-state index < -0.39 is 5.95 Å². The van der Waals surface area contributed by atoms with E-state index in [0.29, 0.717) is 45.5 Å². The zero-order valence-electron chi connectivity index (χ0n) is 20.3. The number of ether oxygens (including phenoxy) is 2. The fourth-order valence-electron chi connectivity index (χ4n) is 3.91. The molecule has 10 heteroatoms. The topological polar surface area (TPSA) is 103 Å². The summed E-state index contributed by atoms with van der Waals surface area (Å²) in [5.41, 5.74) is 3.47. The van der Waals surface area contributed by atoms with Gasteiger partial charge in [-0.2, -0.15) is 4.39 Å². The van der Waals surface area contributed by atoms with E-state index in [0.717, 1.165) is 5.52 Å². The highest BCUT2D eigenvalue weighted by molar-refractivity contribution is 5.92. The fourth-order valence-corrected chi connectivity index (χ4v) is 3.91. The first kappa shape index (κ1) is 23.7. The number of benzene rings is 2. The van der Waals surface area contributed by atoms with Gasteiger partial charge in [-0.3, -0.25) is 9.78 Å². The summed E-state index contributed by atoms with van der Waals surface area (Å²) < 4.78 is 27.6. The van der Waals surface area contributed by atoms with Crippen molar-refractivity contribution in [3.05, 3.63) is 84.7 Å². The number of pyridine rings is 2. The summed E-state index contributed by atoms with van der Waals surface area (Å²) in [6.07, 6.45) is 2.93. The Kier molecular flexibility index (Phi) is 6.38. The third-order valence-corrected chi connectivity index (χ3v) is 5.80. The molecule has 3 heterocycles. The summed E-state index contributed by atoms with van der Waals surface area (Å²) in [5, 5.41) is 5.84. The van der Waals surface area contributed by atoms with Crippen LogP contribution in [0.1, 0.15) is 10.5 Å². The average Bonchev–Trinajstić information content (AvgIpc) is 3.22. The number of rotatable bonds is 7. The van der Waals surface area contributed by atoms with Crippen LogP contribution in [0.25, 0.3) is 22.2 Å². The highest BCUT2D eigenvalue weighted by Crippen LogP contribution is 2.34. The second-order valence-electron chi connectivity index (χ2n) is 8.08. The van der Waals surface area contributed by atoms with E-state index in [2.05, 4.69) is 20.6 Å². The number of aryl methyl sites for hydroxylation is 1. The van der Waals surface area contributed by atoms with Gasteiger partial charge in [-0.15, -0.1) is 0 Å². The number of hydrogen-bond acceptors (Lipinski definition) is 7. The van der Waals surface area contributed by atoms with Crippen LogP contribution >= 0.6 is 0 Å². The van der Waals surface area contributed by atoms with Gasteiger partial charge >= 0.3 is 0 Å². The van der Waals surface area contributed by atoms with Crippen molar-refractivity contribution in [1.29, 1.82) is 0 Å². The molecule has 5 rings (SSSR count). The van der Waals surface area contributed by atoms with E-state index in [-0.39, 0.29) is 11.6 Å². The molecule has 0 saturated heterocycles. The first-order valence-corrected chi connectivity index (χ1v) is 11.3. The molecule has 3 aromatic heterocycles. The smallest absolute Gasteiger partial charge is 0.269 e. The molecule has 0 bridgehead atoms. The number of nitrogens with one attached hydrogen (secondary N) is 2. The molecule has 2 aromatic carbocycles. The van der Waals surface area contributed by atoms with Crippen LogP contribution < -0.4 is 20.1 Å². The van der Waals surface area contributed by atoms with Crippen molar-refractivity contribution in [1.82, 2.24) is 24.8 Å². The highest BCUT2D eigenvalue weighted by atomic mass is 19.1. The lowest BCUT2D eigenvalue weighted by atomic mass is 10.1. The Hall–Kier alpha value is -4.99. The number of nitrogens with zero attached hydrogens (tertiary/aromatic N) is 4. The van der Waals surface area contributed by atoms with E-state index in [1.165, 1.54) is 12.4 Å². The Balaban J connectivity index is 1.45. The zero-order chi connectivity index (χ0) is 25.9. The van der Waals surface area contributed by atoms with E-state index in [9.17, 15) is 9.18 Å². The molecule has 0 aliphatic carbocycles. The molecule has 0 spiro atoms. The summed E-state index contributed by atoms with van der Waals surface area (Å²) in [5.74, 6) is 1.32. The van der Waals surface area contributed by atoms with Crippen molar-refractivity contribution < 1.29 is 18.7 Å². The monoisotopic (exact) mass is 498 g/mol. The van der Waals surface area contributed by atoms with Crippen LogP contribution in [0.4, 0.5) is 16.0 Å². The fraction of sp³-hybridized carbons (Fsp3) is 0.111. The lowest BCUT2D eigenvalue weighted by molar-refractivity contribution is 0.0958.